The Hall–Kier alpha value is -3.13. The van der Waals surface area contributed by atoms with Crippen LogP contribution in [0, 0.1) is 5.82 Å². The molecular formula is C21H26FN5O2. The molecule has 0 aliphatic rings. The number of aromatic nitrogens is 2. The summed E-state index contributed by atoms with van der Waals surface area (Å²) >= 11 is 0. The summed E-state index contributed by atoms with van der Waals surface area (Å²) in [5.74, 6) is 1.03. The van der Waals surface area contributed by atoms with Crippen molar-refractivity contribution in [3.63, 3.8) is 0 Å². The molecule has 0 fully saturated rings. The first-order valence-electron chi connectivity index (χ1n) is 9.46. The van der Waals surface area contributed by atoms with E-state index in [-0.39, 0.29) is 5.82 Å². The maximum Gasteiger partial charge on any atom is 0.213 e. The molecule has 0 radical (unpaired) electrons. The van der Waals surface area contributed by atoms with Crippen LogP contribution >= 0.6 is 0 Å². The second-order valence-corrected chi connectivity index (χ2v) is 6.45. The Kier molecular flexibility index (Phi) is 7.40. The predicted octanol–water partition coefficient (Wildman–Crippen LogP) is 2.63. The van der Waals surface area contributed by atoms with Gasteiger partial charge in [0.2, 0.25) is 5.88 Å². The highest BCUT2D eigenvalue weighted by molar-refractivity contribution is 5.83. The number of pyridine rings is 1. The largest absolute Gasteiger partial charge is 0.475 e. The van der Waals surface area contributed by atoms with Crippen molar-refractivity contribution in [1.82, 2.24) is 20.6 Å². The van der Waals surface area contributed by atoms with E-state index < -0.39 is 0 Å². The second kappa shape index (κ2) is 10.4. The van der Waals surface area contributed by atoms with E-state index in [0.29, 0.717) is 38.1 Å². The Morgan fingerprint density at radius 3 is 2.86 bits per heavy atom. The number of hydrogen-bond donors (Lipinski definition) is 3. The summed E-state index contributed by atoms with van der Waals surface area (Å²) in [4.78, 5) is 11.7. The van der Waals surface area contributed by atoms with E-state index in [2.05, 4.69) is 25.6 Å². The van der Waals surface area contributed by atoms with Crippen molar-refractivity contribution in [2.24, 2.45) is 4.99 Å². The van der Waals surface area contributed by atoms with E-state index in [0.717, 1.165) is 28.5 Å². The van der Waals surface area contributed by atoms with Crippen LogP contribution in [-0.2, 0) is 17.7 Å². The summed E-state index contributed by atoms with van der Waals surface area (Å²) in [6.07, 6.45) is 4.44. The van der Waals surface area contributed by atoms with E-state index in [4.69, 9.17) is 9.47 Å². The molecule has 3 rings (SSSR count). The van der Waals surface area contributed by atoms with Crippen LogP contribution in [0.4, 0.5) is 4.39 Å². The molecule has 7 nitrogen and oxygen atoms in total. The van der Waals surface area contributed by atoms with Gasteiger partial charge in [0.15, 0.2) is 5.96 Å². The normalized spacial score (nSPS) is 11.6. The molecule has 1 aromatic carbocycles. The minimum absolute atomic E-state index is 0.229. The Balaban J connectivity index is 1.45. The minimum atomic E-state index is -0.229. The molecular weight excluding hydrogens is 373 g/mol. The fourth-order valence-electron chi connectivity index (χ4n) is 2.91. The molecule has 0 amide bonds. The number of benzene rings is 1. The molecule has 0 atom stereocenters. The van der Waals surface area contributed by atoms with Crippen molar-refractivity contribution in [1.29, 1.82) is 0 Å². The van der Waals surface area contributed by atoms with Gasteiger partial charge >= 0.3 is 0 Å². The van der Waals surface area contributed by atoms with Gasteiger partial charge in [0.05, 0.1) is 6.61 Å². The van der Waals surface area contributed by atoms with Crippen LogP contribution in [0.3, 0.4) is 0 Å². The average Bonchev–Trinajstić information content (AvgIpc) is 3.13. The second-order valence-electron chi connectivity index (χ2n) is 6.45. The number of fused-ring (bicyclic) bond motifs is 1. The van der Waals surface area contributed by atoms with Gasteiger partial charge in [-0.25, -0.2) is 9.37 Å². The lowest BCUT2D eigenvalue weighted by atomic mass is 10.1. The lowest BCUT2D eigenvalue weighted by Gasteiger charge is -2.12. The standard InChI is InChI=1S/C21H26FN5O2/c1-23-21(27-13-15-3-6-20(26-12-15)29-10-9-28-2)24-8-7-16-14-25-19-5-4-17(22)11-18(16)19/h3-6,11-12,14,25H,7-10,13H2,1-2H3,(H2,23,24,27). The number of methoxy groups -OCH3 is 1. The van der Waals surface area contributed by atoms with Crippen molar-refractivity contribution in [2.45, 2.75) is 13.0 Å². The first-order chi connectivity index (χ1) is 14.2. The van der Waals surface area contributed by atoms with Crippen molar-refractivity contribution < 1.29 is 13.9 Å². The van der Waals surface area contributed by atoms with Gasteiger partial charge in [-0.2, -0.15) is 0 Å². The third kappa shape index (κ3) is 5.92. The maximum absolute atomic E-state index is 13.5. The van der Waals surface area contributed by atoms with Crippen LogP contribution in [-0.4, -0.2) is 49.8 Å². The topological polar surface area (TPSA) is 83.6 Å². The van der Waals surface area contributed by atoms with E-state index in [1.165, 1.54) is 6.07 Å². The highest BCUT2D eigenvalue weighted by Gasteiger charge is 2.06. The van der Waals surface area contributed by atoms with Crippen LogP contribution in [0.2, 0.25) is 0 Å². The summed E-state index contributed by atoms with van der Waals surface area (Å²) in [6.45, 7) is 2.26. The van der Waals surface area contributed by atoms with Crippen molar-refractivity contribution >= 4 is 16.9 Å². The van der Waals surface area contributed by atoms with E-state index >= 15 is 0 Å². The molecule has 3 aromatic rings. The summed E-state index contributed by atoms with van der Waals surface area (Å²) in [7, 11) is 3.36. The predicted molar refractivity (Wildman–Crippen MR) is 112 cm³/mol. The van der Waals surface area contributed by atoms with Crippen LogP contribution in [0.5, 0.6) is 5.88 Å². The van der Waals surface area contributed by atoms with Crippen molar-refractivity contribution in [3.8, 4) is 5.88 Å². The molecule has 0 saturated heterocycles. The number of hydrogen-bond acceptors (Lipinski definition) is 4. The van der Waals surface area contributed by atoms with Gasteiger partial charge in [-0.15, -0.1) is 0 Å². The smallest absolute Gasteiger partial charge is 0.213 e. The number of aliphatic imine (C=N–C) groups is 1. The molecule has 0 spiro atoms. The summed E-state index contributed by atoms with van der Waals surface area (Å²) in [5.41, 5.74) is 3.01. The molecule has 0 unspecified atom stereocenters. The number of ether oxygens (including phenoxy) is 2. The van der Waals surface area contributed by atoms with Crippen molar-refractivity contribution in [3.05, 3.63) is 59.7 Å². The summed E-state index contributed by atoms with van der Waals surface area (Å²) in [5, 5.41) is 7.44. The number of aromatic amines is 1. The zero-order valence-corrected chi connectivity index (χ0v) is 16.7. The molecule has 2 aromatic heterocycles. The van der Waals surface area contributed by atoms with Crippen molar-refractivity contribution in [2.75, 3.05) is 33.9 Å². The highest BCUT2D eigenvalue weighted by Crippen LogP contribution is 2.19. The SMILES string of the molecule is CN=C(NCCc1c[nH]c2ccc(F)cc12)NCc1ccc(OCCOC)nc1. The third-order valence-corrected chi connectivity index (χ3v) is 4.43. The summed E-state index contributed by atoms with van der Waals surface area (Å²) in [6, 6.07) is 8.56. The Bertz CT molecular complexity index is 940. The van der Waals surface area contributed by atoms with E-state index in [1.807, 2.05) is 18.3 Å². The molecule has 154 valence electrons. The molecule has 0 saturated carbocycles. The highest BCUT2D eigenvalue weighted by atomic mass is 19.1. The average molecular weight is 399 g/mol. The fraction of sp³-hybridized carbons (Fsp3) is 0.333. The van der Waals surface area contributed by atoms with Gasteiger partial charge in [-0.05, 0) is 35.7 Å². The van der Waals surface area contributed by atoms with Crippen LogP contribution in [0.25, 0.3) is 10.9 Å². The van der Waals surface area contributed by atoms with E-state index in [1.54, 1.807) is 32.5 Å². The van der Waals surface area contributed by atoms with Gasteiger partial charge < -0.3 is 25.1 Å². The lowest BCUT2D eigenvalue weighted by molar-refractivity contribution is 0.143. The van der Waals surface area contributed by atoms with Gasteiger partial charge in [0, 0.05) is 56.6 Å². The Morgan fingerprint density at radius 2 is 2.10 bits per heavy atom. The van der Waals surface area contributed by atoms with Crippen LogP contribution in [0.15, 0.2) is 47.7 Å². The summed E-state index contributed by atoms with van der Waals surface area (Å²) < 4.78 is 23.9. The number of guanidine groups is 1. The Morgan fingerprint density at radius 1 is 1.21 bits per heavy atom. The molecule has 29 heavy (non-hydrogen) atoms. The number of rotatable bonds is 9. The molecule has 2 heterocycles. The first kappa shape index (κ1) is 20.6. The Labute approximate surface area is 169 Å². The van der Waals surface area contributed by atoms with Crippen LogP contribution < -0.4 is 15.4 Å². The monoisotopic (exact) mass is 399 g/mol. The molecule has 8 heteroatoms. The first-order valence-corrected chi connectivity index (χ1v) is 9.46. The number of halogens is 1. The number of H-pyrrole nitrogens is 1. The van der Waals surface area contributed by atoms with E-state index in [9.17, 15) is 4.39 Å². The van der Waals surface area contributed by atoms with Gasteiger partial charge in [-0.3, -0.25) is 4.99 Å². The third-order valence-electron chi connectivity index (χ3n) is 4.43. The van der Waals surface area contributed by atoms with Gasteiger partial charge in [0.25, 0.3) is 0 Å². The number of nitrogens with one attached hydrogen (secondary N) is 3. The molecule has 0 bridgehead atoms. The molecule has 0 aliphatic carbocycles. The quantitative estimate of drug-likeness (QED) is 0.293. The molecule has 3 N–H and O–H groups in total. The van der Waals surface area contributed by atoms with Gasteiger partial charge in [0.1, 0.15) is 12.4 Å². The lowest BCUT2D eigenvalue weighted by Crippen LogP contribution is -2.37. The minimum Gasteiger partial charge on any atom is -0.475 e. The maximum atomic E-state index is 13.5. The van der Waals surface area contributed by atoms with Gasteiger partial charge in [-0.1, -0.05) is 6.07 Å². The molecule has 0 aliphatic heterocycles. The zero-order valence-electron chi connectivity index (χ0n) is 16.7. The fourth-order valence-corrected chi connectivity index (χ4v) is 2.91. The van der Waals surface area contributed by atoms with Crippen LogP contribution in [0.1, 0.15) is 11.1 Å². The zero-order chi connectivity index (χ0) is 20.5. The number of nitrogens with zero attached hydrogens (tertiary/aromatic N) is 2.